The third-order valence-corrected chi connectivity index (χ3v) is 8.55. The molecule has 0 fully saturated rings. The Kier molecular flexibility index (Phi) is 7.97. The van der Waals surface area contributed by atoms with Crippen molar-refractivity contribution in [3.05, 3.63) is 51.0 Å². The summed E-state index contributed by atoms with van der Waals surface area (Å²) in [6.45, 7) is 4.11. The molecule has 5 rings (SSSR count). The fraction of sp³-hybridized carbons (Fsp3) is 0.533. The Morgan fingerprint density at radius 1 is 1.10 bits per heavy atom. The number of carbonyl (C=O) groups excluding carboxylic acids is 3. The summed E-state index contributed by atoms with van der Waals surface area (Å²) in [7, 11) is 3.39. The summed E-state index contributed by atoms with van der Waals surface area (Å²) in [5.41, 5.74) is -4.41. The summed E-state index contributed by atoms with van der Waals surface area (Å²) < 4.78 is 47.3. The van der Waals surface area contributed by atoms with Crippen molar-refractivity contribution < 1.29 is 47.4 Å². The van der Waals surface area contributed by atoms with Crippen molar-refractivity contribution in [3.8, 4) is 11.6 Å². The first-order valence-corrected chi connectivity index (χ1v) is 14.2. The number of carbonyl (C=O) groups is 3. The largest absolute Gasteiger partial charge is 0.508 e. The van der Waals surface area contributed by atoms with E-state index in [9.17, 15) is 24.6 Å². The van der Waals surface area contributed by atoms with Gasteiger partial charge in [0.25, 0.3) is 5.88 Å². The number of aromatic nitrogens is 1. The van der Waals surface area contributed by atoms with Crippen LogP contribution in [0.25, 0.3) is 0 Å². The highest BCUT2D eigenvalue weighted by Gasteiger charge is 2.64. The molecule has 0 aliphatic heterocycles. The molecule has 0 bridgehead atoms. The number of Topliss-reactive ketones (excluding diaryl/α,β-unsaturated/α-hetero) is 2. The number of aliphatic hydroxyl groups is 2. The Labute approximate surface area is 241 Å². The highest BCUT2D eigenvalue weighted by molar-refractivity contribution is 6.16. The molecule has 0 unspecified atom stereocenters. The van der Waals surface area contributed by atoms with Crippen molar-refractivity contribution in [2.45, 2.75) is 64.0 Å². The minimum atomic E-state index is -2.56. The molecule has 3 aliphatic rings. The molecule has 0 saturated carbocycles. The summed E-state index contributed by atoms with van der Waals surface area (Å²) in [6.07, 6.45) is 2.50. The zero-order valence-corrected chi connectivity index (χ0v) is 24.0. The smallest absolute Gasteiger partial charge is 0.265 e. The van der Waals surface area contributed by atoms with E-state index in [0.717, 1.165) is 6.42 Å². The van der Waals surface area contributed by atoms with Gasteiger partial charge < -0.3 is 24.2 Å². The van der Waals surface area contributed by atoms with Crippen LogP contribution in [0, 0.1) is 23.5 Å². The molecule has 1 aromatic heterocycles. The Balaban J connectivity index is 1.68. The number of benzene rings is 1. The number of fused-ring (bicyclic) bond motifs is 4. The highest BCUT2D eigenvalue weighted by Crippen LogP contribution is 2.56. The van der Waals surface area contributed by atoms with Crippen LogP contribution in [-0.4, -0.2) is 71.0 Å². The molecule has 2 N–H and O–H groups in total. The number of halogens is 2. The third kappa shape index (κ3) is 4.26. The van der Waals surface area contributed by atoms with E-state index in [2.05, 4.69) is 5.16 Å². The van der Waals surface area contributed by atoms with Gasteiger partial charge in [0.15, 0.2) is 35.1 Å². The molecule has 12 heteroatoms. The van der Waals surface area contributed by atoms with Crippen LogP contribution in [0.5, 0.6) is 11.6 Å². The Bertz CT molecular complexity index is 1480. The fourth-order valence-corrected chi connectivity index (χ4v) is 6.48. The number of ketones is 2. The molecule has 3 aliphatic carbocycles. The van der Waals surface area contributed by atoms with E-state index >= 15 is 8.78 Å². The van der Waals surface area contributed by atoms with E-state index in [1.54, 1.807) is 19.0 Å². The van der Waals surface area contributed by atoms with Crippen LogP contribution >= 0.6 is 0 Å². The average molecular weight is 589 g/mol. The third-order valence-electron chi connectivity index (χ3n) is 8.55. The monoisotopic (exact) mass is 588 g/mol. The van der Waals surface area contributed by atoms with E-state index < -0.39 is 69.3 Å². The van der Waals surface area contributed by atoms with E-state index in [4.69, 9.17) is 14.0 Å². The molecule has 1 aromatic carbocycles. The van der Waals surface area contributed by atoms with E-state index in [1.807, 2.05) is 13.8 Å². The van der Waals surface area contributed by atoms with Crippen molar-refractivity contribution in [2.24, 2.45) is 11.8 Å². The van der Waals surface area contributed by atoms with Crippen LogP contribution in [0.4, 0.5) is 8.78 Å². The quantitative estimate of drug-likeness (QED) is 0.300. The maximum atomic E-state index is 15.4. The molecular weight excluding hydrogens is 554 g/mol. The second-order valence-electron chi connectivity index (χ2n) is 11.3. The average Bonchev–Trinajstić information content (AvgIpc) is 3.37. The number of allylic oxidation sites excluding steroid dienone is 1. The molecule has 42 heavy (non-hydrogen) atoms. The maximum Gasteiger partial charge on any atom is 0.265 e. The van der Waals surface area contributed by atoms with Gasteiger partial charge in [-0.2, -0.15) is 0 Å². The van der Waals surface area contributed by atoms with E-state index in [0.29, 0.717) is 19.3 Å². The van der Waals surface area contributed by atoms with E-state index in [1.165, 1.54) is 0 Å². The Morgan fingerprint density at radius 2 is 1.76 bits per heavy atom. The Morgan fingerprint density at radius 3 is 2.38 bits per heavy atom. The van der Waals surface area contributed by atoms with Crippen molar-refractivity contribution in [1.29, 1.82) is 0 Å². The fourth-order valence-electron chi connectivity index (χ4n) is 6.48. The van der Waals surface area contributed by atoms with Crippen molar-refractivity contribution in [3.63, 3.8) is 0 Å². The predicted molar refractivity (Wildman–Crippen MR) is 144 cm³/mol. The summed E-state index contributed by atoms with van der Waals surface area (Å²) >= 11 is 0. The lowest BCUT2D eigenvalue weighted by molar-refractivity contribution is -0.0559. The van der Waals surface area contributed by atoms with Crippen LogP contribution in [0.2, 0.25) is 0 Å². The number of rotatable bonds is 10. The van der Waals surface area contributed by atoms with Crippen molar-refractivity contribution in [1.82, 2.24) is 10.1 Å². The second-order valence-corrected chi connectivity index (χ2v) is 11.3. The molecule has 0 spiro atoms. The molecule has 0 amide bonds. The summed E-state index contributed by atoms with van der Waals surface area (Å²) in [5, 5.41) is 27.7. The zero-order valence-electron chi connectivity index (χ0n) is 24.0. The second kappa shape index (κ2) is 11.2. The van der Waals surface area contributed by atoms with Crippen molar-refractivity contribution in [2.75, 3.05) is 27.3 Å². The van der Waals surface area contributed by atoms with Gasteiger partial charge >= 0.3 is 0 Å². The standard InChI is InChI=1S/C30H34F2N2O8/c1-5-7-9-40-25-16(13-35)22(32)21(31)15-11-14-12-17-23(34(3)4)26-20(29(33-42-26)41-10-8-6-2)28(38)30(17,39)27(37)18(14)24(36)19(15)25/h13-14,17,23,37,39H,5-12H2,1-4H3/t14-,17-,23-,30-/m0/s1. The minimum Gasteiger partial charge on any atom is -0.508 e. The van der Waals surface area contributed by atoms with Crippen LogP contribution < -0.4 is 9.47 Å². The molecule has 0 saturated heterocycles. The van der Waals surface area contributed by atoms with Crippen LogP contribution in [0.3, 0.4) is 0 Å². The van der Waals surface area contributed by atoms with Gasteiger partial charge in [-0.1, -0.05) is 26.7 Å². The number of aldehydes is 1. The van der Waals surface area contributed by atoms with Gasteiger partial charge in [0.05, 0.1) is 30.4 Å². The molecular formula is C30H34F2N2O8. The summed E-state index contributed by atoms with van der Waals surface area (Å²) in [4.78, 5) is 41.5. The lowest BCUT2D eigenvalue weighted by atomic mass is 9.58. The molecule has 0 radical (unpaired) electrons. The van der Waals surface area contributed by atoms with Crippen molar-refractivity contribution >= 4 is 17.9 Å². The van der Waals surface area contributed by atoms with Gasteiger partial charge in [0.2, 0.25) is 5.78 Å². The van der Waals surface area contributed by atoms with E-state index in [-0.39, 0.29) is 60.7 Å². The first-order chi connectivity index (χ1) is 20.0. The number of nitrogens with zero attached hydrogens (tertiary/aromatic N) is 2. The number of hydrogen-bond donors (Lipinski definition) is 2. The van der Waals surface area contributed by atoms with Crippen LogP contribution in [0.1, 0.15) is 94.4 Å². The predicted octanol–water partition coefficient (Wildman–Crippen LogP) is 4.54. The molecule has 2 aromatic rings. The molecule has 1 heterocycles. The minimum absolute atomic E-state index is 0.0304. The number of ether oxygens (including phenoxy) is 2. The van der Waals surface area contributed by atoms with Crippen LogP contribution in [-0.2, 0) is 6.42 Å². The van der Waals surface area contributed by atoms with Gasteiger partial charge in [-0.15, -0.1) is 0 Å². The Hall–Kier alpha value is -3.64. The molecule has 226 valence electrons. The van der Waals surface area contributed by atoms with Gasteiger partial charge in [-0.05, 0) is 50.9 Å². The maximum absolute atomic E-state index is 15.4. The highest BCUT2D eigenvalue weighted by atomic mass is 19.2. The molecule has 4 atom stereocenters. The first kappa shape index (κ1) is 29.8. The normalized spacial score (nSPS) is 24.7. The number of unbranched alkanes of at least 4 members (excludes halogenated alkanes) is 2. The molecule has 10 nitrogen and oxygen atoms in total. The van der Waals surface area contributed by atoms with Gasteiger partial charge in [0.1, 0.15) is 17.1 Å². The summed E-state index contributed by atoms with van der Waals surface area (Å²) in [6, 6.07) is -0.786. The van der Waals surface area contributed by atoms with Gasteiger partial charge in [-0.25, -0.2) is 8.78 Å². The SMILES string of the molecule is CCCCOc1noc2c1C(=O)[C@@]1(O)C(O)=C3C(=O)c4c(c(F)c(F)c(C=O)c4OCCCC)C[C@H]3C[C@H]1[C@@H]2N(C)C. The van der Waals surface area contributed by atoms with Gasteiger partial charge in [0, 0.05) is 17.1 Å². The number of hydrogen-bond acceptors (Lipinski definition) is 10. The lowest BCUT2D eigenvalue weighted by Crippen LogP contribution is -2.59. The van der Waals surface area contributed by atoms with Gasteiger partial charge in [-0.3, -0.25) is 19.3 Å². The number of aliphatic hydroxyl groups excluding tert-OH is 1. The summed E-state index contributed by atoms with van der Waals surface area (Å²) in [5.74, 6) is -7.84. The zero-order chi connectivity index (χ0) is 30.5. The first-order valence-electron chi connectivity index (χ1n) is 14.2. The lowest BCUT2D eigenvalue weighted by Gasteiger charge is -2.49. The topological polar surface area (TPSA) is 139 Å². The van der Waals surface area contributed by atoms with Crippen LogP contribution in [0.15, 0.2) is 15.9 Å².